The van der Waals surface area contributed by atoms with Gasteiger partial charge >= 0.3 is 0 Å². The maximum Gasteiger partial charge on any atom is 0.250 e. The minimum absolute atomic E-state index is 0.00312. The summed E-state index contributed by atoms with van der Waals surface area (Å²) in [4.78, 5) is 11.2. The summed E-state index contributed by atoms with van der Waals surface area (Å²) in [5, 5.41) is 3.40. The summed E-state index contributed by atoms with van der Waals surface area (Å²) in [6.07, 6.45) is 0. The van der Waals surface area contributed by atoms with Gasteiger partial charge in [-0.1, -0.05) is 17.7 Å². The van der Waals surface area contributed by atoms with E-state index in [0.29, 0.717) is 10.7 Å². The molecule has 0 bridgehead atoms. The first-order valence-corrected chi connectivity index (χ1v) is 6.18. The summed E-state index contributed by atoms with van der Waals surface area (Å²) in [5.41, 5.74) is 12.4. The van der Waals surface area contributed by atoms with Gasteiger partial charge in [-0.05, 0) is 36.8 Å². The molecule has 0 unspecified atom stereocenters. The predicted molar refractivity (Wildman–Crippen MR) is 78.8 cm³/mol. The lowest BCUT2D eigenvalue weighted by atomic mass is 10.1. The average molecular weight is 294 g/mol. The van der Waals surface area contributed by atoms with Gasteiger partial charge in [-0.15, -0.1) is 0 Å². The number of hydrogen-bond acceptors (Lipinski definition) is 3. The van der Waals surface area contributed by atoms with Gasteiger partial charge < -0.3 is 16.8 Å². The minimum atomic E-state index is -0.714. The first-order valence-electron chi connectivity index (χ1n) is 5.80. The highest BCUT2D eigenvalue weighted by Gasteiger charge is 2.12. The molecule has 0 spiro atoms. The molecule has 2 rings (SSSR count). The van der Waals surface area contributed by atoms with Crippen molar-refractivity contribution in [2.45, 2.75) is 6.92 Å². The maximum atomic E-state index is 13.9. The Balaban J connectivity index is 2.45. The van der Waals surface area contributed by atoms with Gasteiger partial charge in [-0.25, -0.2) is 4.39 Å². The van der Waals surface area contributed by atoms with Crippen molar-refractivity contribution in [1.82, 2.24) is 0 Å². The van der Waals surface area contributed by atoms with Crippen LogP contribution >= 0.6 is 11.6 Å². The molecule has 0 aliphatic rings. The lowest BCUT2D eigenvalue weighted by Gasteiger charge is -2.13. The molecular weight excluding hydrogens is 281 g/mol. The van der Waals surface area contributed by atoms with E-state index in [1.54, 1.807) is 18.2 Å². The van der Waals surface area contributed by atoms with Gasteiger partial charge in [0.05, 0.1) is 11.3 Å². The van der Waals surface area contributed by atoms with Gasteiger partial charge in [0.15, 0.2) is 0 Å². The van der Waals surface area contributed by atoms with Crippen LogP contribution < -0.4 is 16.8 Å². The minimum Gasteiger partial charge on any atom is -0.398 e. The Labute approximate surface area is 120 Å². The van der Waals surface area contributed by atoms with Crippen LogP contribution in [-0.4, -0.2) is 5.91 Å². The Hall–Kier alpha value is -2.27. The number of nitrogens with one attached hydrogen (secondary N) is 1. The molecule has 0 radical (unpaired) electrons. The van der Waals surface area contributed by atoms with Crippen molar-refractivity contribution in [3.8, 4) is 0 Å². The normalized spacial score (nSPS) is 10.3. The van der Waals surface area contributed by atoms with E-state index in [1.165, 1.54) is 6.07 Å². The SMILES string of the molecule is Cc1ccc(Cl)cc1Nc1cc(C(N)=O)c(N)cc1F. The molecule has 0 aromatic heterocycles. The van der Waals surface area contributed by atoms with Crippen LogP contribution in [0.5, 0.6) is 0 Å². The fourth-order valence-corrected chi connectivity index (χ4v) is 1.94. The third kappa shape index (κ3) is 2.83. The molecule has 0 saturated carbocycles. The van der Waals surface area contributed by atoms with Crippen LogP contribution in [0.1, 0.15) is 15.9 Å². The number of carbonyl (C=O) groups excluding carboxylic acids is 1. The lowest BCUT2D eigenvalue weighted by Crippen LogP contribution is -2.14. The van der Waals surface area contributed by atoms with Gasteiger partial charge in [0.25, 0.3) is 5.91 Å². The van der Waals surface area contributed by atoms with Gasteiger partial charge in [0, 0.05) is 16.4 Å². The van der Waals surface area contributed by atoms with Crippen LogP contribution in [0.2, 0.25) is 5.02 Å². The number of nitrogens with two attached hydrogens (primary N) is 2. The first kappa shape index (κ1) is 14.1. The summed E-state index contributed by atoms with van der Waals surface area (Å²) < 4.78 is 13.9. The van der Waals surface area contributed by atoms with E-state index < -0.39 is 11.7 Å². The number of amides is 1. The highest BCUT2D eigenvalue weighted by molar-refractivity contribution is 6.30. The largest absolute Gasteiger partial charge is 0.398 e. The number of anilines is 3. The number of rotatable bonds is 3. The average Bonchev–Trinajstić information content (AvgIpc) is 2.36. The smallest absolute Gasteiger partial charge is 0.250 e. The van der Waals surface area contributed by atoms with Crippen molar-refractivity contribution in [1.29, 1.82) is 0 Å². The lowest BCUT2D eigenvalue weighted by molar-refractivity contribution is 0.100. The second kappa shape index (κ2) is 5.38. The van der Waals surface area contributed by atoms with Crippen molar-refractivity contribution in [2.75, 3.05) is 11.1 Å². The van der Waals surface area contributed by atoms with Crippen LogP contribution in [0.3, 0.4) is 0 Å². The van der Waals surface area contributed by atoms with E-state index in [0.717, 1.165) is 11.6 Å². The van der Waals surface area contributed by atoms with Gasteiger partial charge in [-0.2, -0.15) is 0 Å². The third-order valence-electron chi connectivity index (χ3n) is 2.87. The molecule has 0 atom stereocenters. The summed E-state index contributed by atoms with van der Waals surface area (Å²) in [7, 11) is 0. The number of halogens is 2. The fourth-order valence-electron chi connectivity index (χ4n) is 1.77. The Morgan fingerprint density at radius 2 is 1.95 bits per heavy atom. The molecule has 1 amide bonds. The van der Waals surface area contributed by atoms with Crippen molar-refractivity contribution >= 4 is 34.6 Å². The molecule has 104 valence electrons. The number of aryl methyl sites for hydroxylation is 1. The fraction of sp³-hybridized carbons (Fsp3) is 0.0714. The Bertz CT molecular complexity index is 688. The van der Waals surface area contributed by atoms with Crippen LogP contribution in [0.25, 0.3) is 0 Å². The van der Waals surface area contributed by atoms with Crippen molar-refractivity contribution in [3.05, 3.63) is 52.3 Å². The Morgan fingerprint density at radius 3 is 2.60 bits per heavy atom. The molecule has 4 nitrogen and oxygen atoms in total. The summed E-state index contributed by atoms with van der Waals surface area (Å²) >= 11 is 5.90. The molecule has 2 aromatic rings. The molecule has 0 aliphatic heterocycles. The molecule has 0 saturated heterocycles. The highest BCUT2D eigenvalue weighted by atomic mass is 35.5. The zero-order valence-electron chi connectivity index (χ0n) is 10.7. The summed E-state index contributed by atoms with van der Waals surface area (Å²) in [6, 6.07) is 7.54. The van der Waals surface area contributed by atoms with Crippen LogP contribution in [0.15, 0.2) is 30.3 Å². The monoisotopic (exact) mass is 293 g/mol. The molecule has 0 heterocycles. The van der Waals surface area contributed by atoms with Crippen molar-refractivity contribution < 1.29 is 9.18 Å². The molecule has 6 heteroatoms. The second-order valence-electron chi connectivity index (χ2n) is 4.37. The first-order chi connectivity index (χ1) is 9.38. The number of primary amides is 1. The zero-order valence-corrected chi connectivity index (χ0v) is 11.5. The predicted octanol–water partition coefficient (Wildman–Crippen LogP) is 3.21. The highest BCUT2D eigenvalue weighted by Crippen LogP contribution is 2.28. The van der Waals surface area contributed by atoms with E-state index in [4.69, 9.17) is 23.1 Å². The second-order valence-corrected chi connectivity index (χ2v) is 4.80. The van der Waals surface area contributed by atoms with Gasteiger partial charge in [0.1, 0.15) is 5.82 Å². The van der Waals surface area contributed by atoms with Crippen molar-refractivity contribution in [3.63, 3.8) is 0 Å². The van der Waals surface area contributed by atoms with Gasteiger partial charge in [-0.3, -0.25) is 4.79 Å². The summed E-state index contributed by atoms with van der Waals surface area (Å²) in [5.74, 6) is -1.29. The topological polar surface area (TPSA) is 81.1 Å². The van der Waals surface area contributed by atoms with Crippen molar-refractivity contribution in [2.24, 2.45) is 5.73 Å². The van der Waals surface area contributed by atoms with E-state index in [2.05, 4.69) is 5.32 Å². The maximum absolute atomic E-state index is 13.9. The van der Waals surface area contributed by atoms with Crippen LogP contribution in [0.4, 0.5) is 21.5 Å². The molecule has 20 heavy (non-hydrogen) atoms. The third-order valence-corrected chi connectivity index (χ3v) is 3.11. The quantitative estimate of drug-likeness (QED) is 0.760. The number of nitrogen functional groups attached to an aromatic ring is 1. The Morgan fingerprint density at radius 1 is 1.25 bits per heavy atom. The number of benzene rings is 2. The number of hydrogen-bond donors (Lipinski definition) is 3. The van der Waals surface area contributed by atoms with Gasteiger partial charge in [0.2, 0.25) is 0 Å². The molecule has 2 aromatic carbocycles. The van der Waals surface area contributed by atoms with E-state index in [1.807, 2.05) is 6.92 Å². The van der Waals surface area contributed by atoms with E-state index in [-0.39, 0.29) is 16.9 Å². The standard InChI is InChI=1S/C14H13ClFN3O/c1-7-2-3-8(15)4-12(7)19-13-5-9(14(18)20)11(17)6-10(13)16/h2-6,19H,17H2,1H3,(H2,18,20). The molecule has 5 N–H and O–H groups in total. The van der Waals surface area contributed by atoms with Crippen LogP contribution in [-0.2, 0) is 0 Å². The summed E-state index contributed by atoms with van der Waals surface area (Å²) in [6.45, 7) is 1.85. The van der Waals surface area contributed by atoms with E-state index in [9.17, 15) is 9.18 Å². The molecule has 0 aliphatic carbocycles. The Kier molecular flexibility index (Phi) is 3.81. The van der Waals surface area contributed by atoms with Crippen LogP contribution in [0, 0.1) is 12.7 Å². The molecule has 0 fully saturated rings. The molecular formula is C14H13ClFN3O. The van der Waals surface area contributed by atoms with E-state index >= 15 is 0 Å². The zero-order chi connectivity index (χ0) is 14.9. The number of carbonyl (C=O) groups is 1.